The van der Waals surface area contributed by atoms with Gasteiger partial charge < -0.3 is 15.4 Å². The zero-order valence-electron chi connectivity index (χ0n) is 21.5. The molecule has 10 nitrogen and oxygen atoms in total. The summed E-state index contributed by atoms with van der Waals surface area (Å²) in [6.07, 6.45) is 4.48. The molecule has 0 radical (unpaired) electrons. The molecule has 1 aromatic carbocycles. The molecule has 0 spiro atoms. The van der Waals surface area contributed by atoms with Crippen LogP contribution in [0.3, 0.4) is 0 Å². The molecule has 3 aliphatic rings. The first-order valence-electron chi connectivity index (χ1n) is 13.2. The quantitative estimate of drug-likeness (QED) is 0.403. The Kier molecular flexibility index (Phi) is 7.32. The number of hydrogen-bond acceptors (Lipinski definition) is 10. The molecule has 2 aromatic heterocycles. The van der Waals surface area contributed by atoms with Gasteiger partial charge in [-0.15, -0.1) is 0 Å². The van der Waals surface area contributed by atoms with Gasteiger partial charge in [-0.25, -0.2) is 9.97 Å². The second-order valence-corrected chi connectivity index (χ2v) is 11.2. The summed E-state index contributed by atoms with van der Waals surface area (Å²) >= 11 is 1.71. The first-order valence-corrected chi connectivity index (χ1v) is 14.0. The van der Waals surface area contributed by atoms with Crippen LogP contribution in [-0.4, -0.2) is 74.8 Å². The molecule has 2 fully saturated rings. The Balaban J connectivity index is 1.03. The highest BCUT2D eigenvalue weighted by atomic mass is 32.2. The molecular formula is C28H30N8O2S. The standard InChI is InChI=1S/C28H30N8O2S/c29-15-21(25-27-36(25)23-3-1-9-31-26(23)39-27)22-8-10-32-28(33-22)38-18-20-6-4-19(5-7-20)16-34-11-2-12-35(14-13-34)17-24(30)37/h1,3-10,21,25,27H,2,11-14,16-18H2,(H2,30,37). The predicted molar refractivity (Wildman–Crippen MR) is 147 cm³/mol. The number of primary amides is 1. The number of nitrogens with two attached hydrogens (primary N) is 1. The molecule has 6 rings (SSSR count). The van der Waals surface area contributed by atoms with Crippen LogP contribution in [0.1, 0.15) is 29.2 Å². The number of amides is 1. The van der Waals surface area contributed by atoms with Gasteiger partial charge in [0, 0.05) is 32.0 Å². The molecule has 0 bridgehead atoms. The van der Waals surface area contributed by atoms with Gasteiger partial charge in [0.2, 0.25) is 5.91 Å². The molecule has 0 saturated carbocycles. The van der Waals surface area contributed by atoms with Crippen LogP contribution < -0.4 is 15.4 Å². The van der Waals surface area contributed by atoms with Crippen LogP contribution in [0.4, 0.5) is 5.69 Å². The number of carbonyl (C=O) groups excluding carboxylic acids is 1. The number of rotatable bonds is 9. The van der Waals surface area contributed by atoms with Gasteiger partial charge in [0.05, 0.1) is 30.0 Å². The van der Waals surface area contributed by atoms with Crippen LogP contribution >= 0.6 is 11.8 Å². The first kappa shape index (κ1) is 25.6. The minimum atomic E-state index is -0.373. The monoisotopic (exact) mass is 542 g/mol. The third kappa shape index (κ3) is 5.68. The zero-order valence-corrected chi connectivity index (χ0v) is 22.3. The number of fused-ring (bicyclic) bond motifs is 3. The van der Waals surface area contributed by atoms with Crippen molar-refractivity contribution < 1.29 is 9.53 Å². The van der Waals surface area contributed by atoms with Crippen LogP contribution in [0.25, 0.3) is 0 Å². The van der Waals surface area contributed by atoms with Crippen LogP contribution in [-0.2, 0) is 17.9 Å². The molecule has 5 heterocycles. The van der Waals surface area contributed by atoms with Crippen LogP contribution in [0.5, 0.6) is 6.01 Å². The van der Waals surface area contributed by atoms with E-state index in [4.69, 9.17) is 10.5 Å². The fraction of sp³-hybridized carbons (Fsp3) is 0.393. The molecule has 3 aliphatic heterocycles. The number of anilines is 1. The van der Waals surface area contributed by atoms with Gasteiger partial charge in [-0.05, 0) is 48.8 Å². The first-order chi connectivity index (χ1) is 19.1. The summed E-state index contributed by atoms with van der Waals surface area (Å²) in [6.45, 7) is 5.21. The molecule has 3 unspecified atom stereocenters. The fourth-order valence-corrected chi connectivity index (χ4v) is 6.75. The van der Waals surface area contributed by atoms with E-state index in [0.29, 0.717) is 18.8 Å². The molecule has 1 amide bonds. The molecule has 39 heavy (non-hydrogen) atoms. The second-order valence-electron chi connectivity index (χ2n) is 10.1. The molecule has 11 heteroatoms. The lowest BCUT2D eigenvalue weighted by Gasteiger charge is -2.21. The lowest BCUT2D eigenvalue weighted by Crippen LogP contribution is -2.36. The topological polar surface area (TPSA) is 124 Å². The number of ether oxygens (including phenoxy) is 1. The number of aromatic nitrogens is 3. The van der Waals surface area contributed by atoms with Crippen molar-refractivity contribution >= 4 is 23.4 Å². The van der Waals surface area contributed by atoms with Crippen molar-refractivity contribution in [1.82, 2.24) is 24.8 Å². The highest BCUT2D eigenvalue weighted by molar-refractivity contribution is 8.00. The number of hydrogen-bond donors (Lipinski definition) is 1. The molecule has 3 atom stereocenters. The Bertz CT molecular complexity index is 1380. The van der Waals surface area contributed by atoms with Crippen molar-refractivity contribution in [3.63, 3.8) is 0 Å². The Hall–Kier alpha value is -3.72. The molecular weight excluding hydrogens is 512 g/mol. The van der Waals surface area contributed by atoms with Gasteiger partial charge in [0.25, 0.3) is 0 Å². The van der Waals surface area contributed by atoms with Crippen LogP contribution in [0.15, 0.2) is 59.9 Å². The number of nitriles is 1. The van der Waals surface area contributed by atoms with E-state index in [1.54, 1.807) is 30.2 Å². The van der Waals surface area contributed by atoms with Crippen molar-refractivity contribution in [3.05, 3.63) is 71.7 Å². The van der Waals surface area contributed by atoms with E-state index >= 15 is 0 Å². The van der Waals surface area contributed by atoms with E-state index in [1.807, 2.05) is 6.07 Å². The Labute approximate surface area is 231 Å². The Morgan fingerprint density at radius 2 is 1.87 bits per heavy atom. The summed E-state index contributed by atoms with van der Waals surface area (Å²) in [7, 11) is 0. The third-order valence-electron chi connectivity index (χ3n) is 7.37. The van der Waals surface area contributed by atoms with Crippen LogP contribution in [0.2, 0.25) is 0 Å². The lowest BCUT2D eigenvalue weighted by molar-refractivity contribution is -0.119. The van der Waals surface area contributed by atoms with Gasteiger partial charge in [0.1, 0.15) is 22.9 Å². The highest BCUT2D eigenvalue weighted by Crippen LogP contribution is 2.58. The smallest absolute Gasteiger partial charge is 0.316 e. The third-order valence-corrected chi connectivity index (χ3v) is 8.66. The lowest BCUT2D eigenvalue weighted by atomic mass is 10.0. The van der Waals surface area contributed by atoms with Gasteiger partial charge in [-0.1, -0.05) is 36.0 Å². The van der Waals surface area contributed by atoms with E-state index < -0.39 is 0 Å². The molecule has 0 aliphatic carbocycles. The van der Waals surface area contributed by atoms with Gasteiger partial charge in [-0.3, -0.25) is 14.6 Å². The Morgan fingerprint density at radius 3 is 2.69 bits per heavy atom. The van der Waals surface area contributed by atoms with Crippen molar-refractivity contribution in [2.75, 3.05) is 37.6 Å². The normalized spacial score (nSPS) is 21.4. The minimum Gasteiger partial charge on any atom is -0.459 e. The predicted octanol–water partition coefficient (Wildman–Crippen LogP) is 2.37. The minimum absolute atomic E-state index is 0.0717. The maximum absolute atomic E-state index is 11.2. The fourth-order valence-electron chi connectivity index (χ4n) is 5.38. The van der Waals surface area contributed by atoms with E-state index in [2.05, 4.69) is 66.1 Å². The molecule has 2 saturated heterocycles. The molecule has 200 valence electrons. The summed E-state index contributed by atoms with van der Waals surface area (Å²) < 4.78 is 5.91. The summed E-state index contributed by atoms with van der Waals surface area (Å²) in [5, 5.41) is 11.2. The number of nitrogens with zero attached hydrogens (tertiary/aromatic N) is 7. The highest BCUT2D eigenvalue weighted by Gasteiger charge is 2.58. The largest absolute Gasteiger partial charge is 0.459 e. The van der Waals surface area contributed by atoms with Gasteiger partial charge in [-0.2, -0.15) is 10.2 Å². The number of benzene rings is 1. The van der Waals surface area contributed by atoms with Crippen LogP contribution in [0, 0.1) is 11.3 Å². The second kappa shape index (κ2) is 11.2. The van der Waals surface area contributed by atoms with Crippen molar-refractivity contribution in [2.45, 2.75) is 41.9 Å². The Morgan fingerprint density at radius 1 is 1.08 bits per heavy atom. The summed E-state index contributed by atoms with van der Waals surface area (Å²) in [5.74, 6) is -0.642. The zero-order chi connectivity index (χ0) is 26.8. The molecule has 2 N–H and O–H groups in total. The van der Waals surface area contributed by atoms with Gasteiger partial charge in [0.15, 0.2) is 0 Å². The average molecular weight is 543 g/mol. The van der Waals surface area contributed by atoms with Crippen molar-refractivity contribution in [2.24, 2.45) is 5.73 Å². The number of carbonyl (C=O) groups is 1. The summed E-state index contributed by atoms with van der Waals surface area (Å²) in [5.41, 5.74) is 9.38. The molecule has 3 aromatic rings. The van der Waals surface area contributed by atoms with Crippen molar-refractivity contribution in [3.8, 4) is 12.1 Å². The summed E-state index contributed by atoms with van der Waals surface area (Å²) in [6, 6.07) is 17.0. The van der Waals surface area contributed by atoms with Crippen molar-refractivity contribution in [1.29, 1.82) is 5.26 Å². The maximum atomic E-state index is 11.2. The van der Waals surface area contributed by atoms with E-state index in [9.17, 15) is 10.1 Å². The SMILES string of the molecule is N#CC(c1ccnc(OCc2ccc(CN3CCCN(CC(N)=O)CC3)cc2)n1)C1C2Sc3ncccc3N21. The summed E-state index contributed by atoms with van der Waals surface area (Å²) in [4.78, 5) is 31.3. The van der Waals surface area contributed by atoms with E-state index in [0.717, 1.165) is 55.4 Å². The average Bonchev–Trinajstić information content (AvgIpc) is 3.57. The number of thioether (sulfide) groups is 1. The maximum Gasteiger partial charge on any atom is 0.316 e. The number of pyridine rings is 1. The van der Waals surface area contributed by atoms with Gasteiger partial charge >= 0.3 is 6.01 Å². The van der Waals surface area contributed by atoms with E-state index in [1.165, 1.54) is 5.56 Å². The van der Waals surface area contributed by atoms with E-state index in [-0.39, 0.29) is 29.3 Å².